The van der Waals surface area contributed by atoms with Crippen molar-refractivity contribution in [3.8, 4) is 17.2 Å². The molecular weight excluding hydrogens is 366 g/mol. The standard InChI is InChI=1S/C24H33NO4/c1-3-27-24-16-19(17-25-20-8-10-21(26)11-9-20)7-12-23(24)29-14-13-28-22-6-4-5-18(2)15-22/h4-7,12,15-16,20-21,25-26H,3,8-11,13-14,17H2,1-2H3. The number of aliphatic hydroxyl groups is 1. The number of benzene rings is 2. The van der Waals surface area contributed by atoms with Gasteiger partial charge in [0.15, 0.2) is 11.5 Å². The molecule has 158 valence electrons. The Balaban J connectivity index is 1.49. The van der Waals surface area contributed by atoms with Crippen LogP contribution in [0.4, 0.5) is 0 Å². The summed E-state index contributed by atoms with van der Waals surface area (Å²) in [5.41, 5.74) is 2.35. The van der Waals surface area contributed by atoms with E-state index in [9.17, 15) is 5.11 Å². The van der Waals surface area contributed by atoms with Gasteiger partial charge in [-0.05, 0) is 74.9 Å². The molecule has 0 amide bonds. The Bertz CT molecular complexity index is 756. The molecule has 0 heterocycles. The number of hydrogen-bond donors (Lipinski definition) is 2. The highest BCUT2D eigenvalue weighted by atomic mass is 16.5. The third kappa shape index (κ3) is 6.94. The van der Waals surface area contributed by atoms with E-state index in [0.29, 0.717) is 25.9 Å². The lowest BCUT2D eigenvalue weighted by molar-refractivity contribution is 0.116. The van der Waals surface area contributed by atoms with Crippen LogP contribution in [0.5, 0.6) is 17.2 Å². The van der Waals surface area contributed by atoms with Crippen molar-refractivity contribution in [3.05, 3.63) is 53.6 Å². The molecular formula is C24H33NO4. The van der Waals surface area contributed by atoms with E-state index in [2.05, 4.69) is 11.4 Å². The van der Waals surface area contributed by atoms with Crippen LogP contribution in [0.3, 0.4) is 0 Å². The van der Waals surface area contributed by atoms with Gasteiger partial charge in [0.05, 0.1) is 12.7 Å². The van der Waals surface area contributed by atoms with Gasteiger partial charge in [-0.1, -0.05) is 18.2 Å². The second-order valence-corrected chi connectivity index (χ2v) is 7.61. The van der Waals surface area contributed by atoms with Crippen LogP contribution in [-0.4, -0.2) is 37.1 Å². The molecule has 0 radical (unpaired) electrons. The average molecular weight is 400 g/mol. The third-order valence-electron chi connectivity index (χ3n) is 5.20. The molecule has 0 aromatic heterocycles. The lowest BCUT2D eigenvalue weighted by Gasteiger charge is -2.26. The van der Waals surface area contributed by atoms with Crippen molar-refractivity contribution in [1.82, 2.24) is 5.32 Å². The van der Waals surface area contributed by atoms with Crippen LogP contribution >= 0.6 is 0 Å². The Morgan fingerprint density at radius 2 is 1.72 bits per heavy atom. The Kier molecular flexibility index (Phi) is 8.20. The van der Waals surface area contributed by atoms with Crippen LogP contribution in [0.2, 0.25) is 0 Å². The maximum Gasteiger partial charge on any atom is 0.161 e. The van der Waals surface area contributed by atoms with Crippen molar-refractivity contribution in [2.75, 3.05) is 19.8 Å². The summed E-state index contributed by atoms with van der Waals surface area (Å²) in [5.74, 6) is 2.36. The molecule has 3 rings (SSSR count). The fourth-order valence-electron chi connectivity index (χ4n) is 3.61. The molecule has 1 aliphatic rings. The zero-order valence-electron chi connectivity index (χ0n) is 17.5. The average Bonchev–Trinajstić information content (AvgIpc) is 2.72. The van der Waals surface area contributed by atoms with E-state index in [0.717, 1.165) is 49.5 Å². The third-order valence-corrected chi connectivity index (χ3v) is 5.20. The van der Waals surface area contributed by atoms with Gasteiger partial charge in [-0.3, -0.25) is 0 Å². The second kappa shape index (κ2) is 11.1. The molecule has 0 atom stereocenters. The van der Waals surface area contributed by atoms with Crippen LogP contribution in [0.1, 0.15) is 43.7 Å². The molecule has 5 heteroatoms. The minimum absolute atomic E-state index is 0.121. The Labute approximate surface area is 174 Å². The predicted octanol–water partition coefficient (Wildman–Crippen LogP) is 4.24. The van der Waals surface area contributed by atoms with Gasteiger partial charge >= 0.3 is 0 Å². The SMILES string of the molecule is CCOc1cc(CNC2CCC(O)CC2)ccc1OCCOc1cccc(C)c1. The van der Waals surface area contributed by atoms with Crippen LogP contribution in [0, 0.1) is 6.92 Å². The second-order valence-electron chi connectivity index (χ2n) is 7.61. The first-order valence-corrected chi connectivity index (χ1v) is 10.6. The van der Waals surface area contributed by atoms with Crippen LogP contribution in [0.25, 0.3) is 0 Å². The summed E-state index contributed by atoms with van der Waals surface area (Å²) in [6.45, 7) is 6.33. The van der Waals surface area contributed by atoms with Gasteiger partial charge in [0, 0.05) is 12.6 Å². The molecule has 0 unspecified atom stereocenters. The first kappa shape index (κ1) is 21.5. The molecule has 0 bridgehead atoms. The zero-order valence-corrected chi connectivity index (χ0v) is 17.5. The van der Waals surface area contributed by atoms with Gasteiger partial charge in [0.2, 0.25) is 0 Å². The Hall–Kier alpha value is -2.24. The molecule has 1 fully saturated rings. The molecule has 0 saturated heterocycles. The van der Waals surface area contributed by atoms with E-state index >= 15 is 0 Å². The highest BCUT2D eigenvalue weighted by molar-refractivity contribution is 5.43. The Morgan fingerprint density at radius 3 is 2.48 bits per heavy atom. The number of nitrogens with one attached hydrogen (secondary N) is 1. The van der Waals surface area contributed by atoms with E-state index in [-0.39, 0.29) is 6.10 Å². The minimum Gasteiger partial charge on any atom is -0.490 e. The number of aryl methyl sites for hydroxylation is 1. The van der Waals surface area contributed by atoms with Crippen LogP contribution < -0.4 is 19.5 Å². The summed E-state index contributed by atoms with van der Waals surface area (Å²) in [6.07, 6.45) is 3.71. The Morgan fingerprint density at radius 1 is 0.931 bits per heavy atom. The van der Waals surface area contributed by atoms with Gasteiger partial charge in [0.25, 0.3) is 0 Å². The van der Waals surface area contributed by atoms with Crippen LogP contribution in [0.15, 0.2) is 42.5 Å². The van der Waals surface area contributed by atoms with E-state index in [4.69, 9.17) is 14.2 Å². The van der Waals surface area contributed by atoms with Gasteiger partial charge < -0.3 is 24.6 Å². The van der Waals surface area contributed by atoms with Crippen molar-refractivity contribution < 1.29 is 19.3 Å². The molecule has 2 aromatic rings. The number of rotatable bonds is 10. The fourth-order valence-corrected chi connectivity index (χ4v) is 3.61. The van der Waals surface area contributed by atoms with Crippen molar-refractivity contribution in [2.24, 2.45) is 0 Å². The molecule has 5 nitrogen and oxygen atoms in total. The lowest BCUT2D eigenvalue weighted by Crippen LogP contribution is -2.34. The van der Waals surface area contributed by atoms with Gasteiger partial charge in [-0.2, -0.15) is 0 Å². The van der Waals surface area contributed by atoms with E-state index < -0.39 is 0 Å². The fraction of sp³-hybridized carbons (Fsp3) is 0.500. The topological polar surface area (TPSA) is 60.0 Å². The largest absolute Gasteiger partial charge is 0.490 e. The minimum atomic E-state index is -0.121. The molecule has 2 aromatic carbocycles. The maximum absolute atomic E-state index is 9.64. The molecule has 2 N–H and O–H groups in total. The van der Waals surface area contributed by atoms with E-state index in [1.54, 1.807) is 0 Å². The smallest absolute Gasteiger partial charge is 0.161 e. The number of hydrogen-bond acceptors (Lipinski definition) is 5. The zero-order chi connectivity index (χ0) is 20.5. The number of ether oxygens (including phenoxy) is 3. The van der Waals surface area contributed by atoms with E-state index in [1.165, 1.54) is 11.1 Å². The molecule has 1 aliphatic carbocycles. The summed E-state index contributed by atoms with van der Waals surface area (Å²) in [7, 11) is 0. The van der Waals surface area contributed by atoms with Gasteiger partial charge in [-0.25, -0.2) is 0 Å². The molecule has 29 heavy (non-hydrogen) atoms. The maximum atomic E-state index is 9.64. The summed E-state index contributed by atoms with van der Waals surface area (Å²) in [5, 5.41) is 13.2. The van der Waals surface area contributed by atoms with Crippen molar-refractivity contribution in [2.45, 2.75) is 58.2 Å². The summed E-state index contributed by atoms with van der Waals surface area (Å²) in [4.78, 5) is 0. The van der Waals surface area contributed by atoms with Crippen molar-refractivity contribution >= 4 is 0 Å². The van der Waals surface area contributed by atoms with Gasteiger partial charge in [-0.15, -0.1) is 0 Å². The van der Waals surface area contributed by atoms with Crippen LogP contribution in [-0.2, 0) is 6.54 Å². The van der Waals surface area contributed by atoms with Crippen molar-refractivity contribution in [3.63, 3.8) is 0 Å². The quantitative estimate of drug-likeness (QED) is 0.585. The monoisotopic (exact) mass is 399 g/mol. The highest BCUT2D eigenvalue weighted by Gasteiger charge is 2.18. The lowest BCUT2D eigenvalue weighted by atomic mass is 9.93. The summed E-state index contributed by atoms with van der Waals surface area (Å²) < 4.78 is 17.4. The first-order valence-electron chi connectivity index (χ1n) is 10.6. The number of aliphatic hydroxyl groups excluding tert-OH is 1. The molecule has 0 spiro atoms. The van der Waals surface area contributed by atoms with Crippen molar-refractivity contribution in [1.29, 1.82) is 0 Å². The summed E-state index contributed by atoms with van der Waals surface area (Å²) in [6, 6.07) is 14.6. The predicted molar refractivity (Wildman–Crippen MR) is 115 cm³/mol. The van der Waals surface area contributed by atoms with Gasteiger partial charge in [0.1, 0.15) is 19.0 Å². The molecule has 0 aliphatic heterocycles. The van der Waals surface area contributed by atoms with E-state index in [1.807, 2.05) is 50.2 Å². The first-order chi connectivity index (χ1) is 14.1. The highest BCUT2D eigenvalue weighted by Crippen LogP contribution is 2.29. The molecule has 1 saturated carbocycles. The normalized spacial score (nSPS) is 19.0. The summed E-state index contributed by atoms with van der Waals surface area (Å²) >= 11 is 0.